The molecule has 1 heterocycles. The lowest BCUT2D eigenvalue weighted by Crippen LogP contribution is -2.57. The average Bonchev–Trinajstić information content (AvgIpc) is 2.33. The van der Waals surface area contributed by atoms with E-state index in [2.05, 4.69) is 24.0 Å². The summed E-state index contributed by atoms with van der Waals surface area (Å²) in [6.45, 7) is 0.787. The Morgan fingerprint density at radius 3 is 2.53 bits per heavy atom. The first kappa shape index (κ1) is 14.5. The molecule has 0 atom stereocenters. The van der Waals surface area contributed by atoms with Gasteiger partial charge in [0.15, 0.2) is 11.6 Å². The lowest BCUT2D eigenvalue weighted by atomic mass is 9.75. The van der Waals surface area contributed by atoms with Gasteiger partial charge in [0.1, 0.15) is 0 Å². The highest BCUT2D eigenvalue weighted by Gasteiger charge is 2.40. The van der Waals surface area contributed by atoms with Gasteiger partial charge in [-0.3, -0.25) is 0 Å². The lowest BCUT2D eigenvalue weighted by Gasteiger charge is -2.49. The fraction of sp³-hybridized carbons (Fsp3) is 0.643. The van der Waals surface area contributed by atoms with Crippen LogP contribution in [0.4, 0.5) is 10.2 Å². The number of aromatic nitrogens is 1. The lowest BCUT2D eigenvalue weighted by molar-refractivity contribution is 0.0680. The van der Waals surface area contributed by atoms with Crippen molar-refractivity contribution in [1.82, 2.24) is 9.88 Å². The molecule has 0 unspecified atom stereocenters. The standard InChI is InChI=1S/C14H21ClFN3/c1-18(2)14(6-4-7-14)10-19(3)13-12(16)11(9-15)5-8-17-13/h5,8H,4,6-7,9-10H2,1-3H3. The Morgan fingerprint density at radius 2 is 2.05 bits per heavy atom. The van der Waals surface area contributed by atoms with E-state index in [9.17, 15) is 4.39 Å². The quantitative estimate of drug-likeness (QED) is 0.776. The Balaban J connectivity index is 2.18. The maximum Gasteiger partial charge on any atom is 0.170 e. The Labute approximate surface area is 119 Å². The molecule has 0 spiro atoms. The van der Waals surface area contributed by atoms with E-state index in [1.807, 2.05) is 11.9 Å². The summed E-state index contributed by atoms with van der Waals surface area (Å²) >= 11 is 5.74. The van der Waals surface area contributed by atoms with Crippen molar-refractivity contribution in [1.29, 1.82) is 0 Å². The topological polar surface area (TPSA) is 19.4 Å². The van der Waals surface area contributed by atoms with Crippen LogP contribution in [-0.2, 0) is 5.88 Å². The van der Waals surface area contributed by atoms with E-state index < -0.39 is 0 Å². The van der Waals surface area contributed by atoms with Crippen LogP contribution in [0.15, 0.2) is 12.3 Å². The summed E-state index contributed by atoms with van der Waals surface area (Å²) in [6.07, 6.45) is 5.17. The van der Waals surface area contributed by atoms with Crippen molar-refractivity contribution in [3.63, 3.8) is 0 Å². The van der Waals surface area contributed by atoms with E-state index in [0.717, 1.165) is 19.4 Å². The third kappa shape index (κ3) is 2.70. The van der Waals surface area contributed by atoms with Crippen LogP contribution < -0.4 is 4.90 Å². The first-order valence-electron chi connectivity index (χ1n) is 6.58. The Kier molecular flexibility index (Phi) is 4.31. The van der Waals surface area contributed by atoms with Crippen LogP contribution in [-0.4, -0.2) is 43.1 Å². The van der Waals surface area contributed by atoms with Crippen molar-refractivity contribution in [3.8, 4) is 0 Å². The number of hydrogen-bond donors (Lipinski definition) is 0. The minimum absolute atomic E-state index is 0.153. The van der Waals surface area contributed by atoms with Crippen molar-refractivity contribution in [3.05, 3.63) is 23.6 Å². The predicted molar refractivity (Wildman–Crippen MR) is 77.3 cm³/mol. The van der Waals surface area contributed by atoms with Crippen LogP contribution in [0.2, 0.25) is 0 Å². The number of rotatable bonds is 5. The summed E-state index contributed by atoms with van der Waals surface area (Å²) in [5, 5.41) is 0. The van der Waals surface area contributed by atoms with Crippen LogP contribution in [0.1, 0.15) is 24.8 Å². The molecule has 1 fully saturated rings. The second-order valence-corrected chi connectivity index (χ2v) is 5.84. The molecule has 3 nitrogen and oxygen atoms in total. The molecule has 5 heteroatoms. The molecule has 1 aromatic rings. The van der Waals surface area contributed by atoms with Crippen molar-refractivity contribution in [2.24, 2.45) is 0 Å². The molecule has 1 aliphatic rings. The predicted octanol–water partition coefficient (Wildman–Crippen LogP) is 2.88. The maximum atomic E-state index is 14.2. The van der Waals surface area contributed by atoms with E-state index in [0.29, 0.717) is 11.4 Å². The number of likely N-dealkylation sites (N-methyl/N-ethyl adjacent to an activating group) is 2. The van der Waals surface area contributed by atoms with E-state index >= 15 is 0 Å². The summed E-state index contributed by atoms with van der Waals surface area (Å²) in [7, 11) is 6.07. The van der Waals surface area contributed by atoms with Gasteiger partial charge in [-0.2, -0.15) is 0 Å². The van der Waals surface area contributed by atoms with Gasteiger partial charge in [-0.15, -0.1) is 11.6 Å². The Bertz CT molecular complexity index is 446. The molecule has 1 saturated carbocycles. The van der Waals surface area contributed by atoms with Crippen molar-refractivity contribution in [2.45, 2.75) is 30.7 Å². The molecular formula is C14H21ClFN3. The molecule has 0 N–H and O–H groups in total. The van der Waals surface area contributed by atoms with Crippen molar-refractivity contribution >= 4 is 17.4 Å². The molecule has 0 radical (unpaired) electrons. The highest BCUT2D eigenvalue weighted by molar-refractivity contribution is 6.17. The van der Waals surface area contributed by atoms with Crippen LogP contribution in [0.25, 0.3) is 0 Å². The first-order valence-corrected chi connectivity index (χ1v) is 7.11. The summed E-state index contributed by atoms with van der Waals surface area (Å²) in [5.41, 5.74) is 0.658. The van der Waals surface area contributed by atoms with Gasteiger partial charge in [0.2, 0.25) is 0 Å². The summed E-state index contributed by atoms with van der Waals surface area (Å²) < 4.78 is 14.2. The fourth-order valence-electron chi connectivity index (χ4n) is 2.69. The van der Waals surface area contributed by atoms with Gasteiger partial charge in [-0.1, -0.05) is 0 Å². The van der Waals surface area contributed by atoms with Gasteiger partial charge in [-0.25, -0.2) is 9.37 Å². The molecule has 0 aliphatic heterocycles. The molecule has 0 bridgehead atoms. The van der Waals surface area contributed by atoms with Crippen LogP contribution in [0.3, 0.4) is 0 Å². The summed E-state index contributed by atoms with van der Waals surface area (Å²) in [4.78, 5) is 8.32. The number of halogens is 2. The van der Waals surface area contributed by atoms with Crippen molar-refractivity contribution < 1.29 is 4.39 Å². The zero-order valence-corrected chi connectivity index (χ0v) is 12.5. The van der Waals surface area contributed by atoms with E-state index in [-0.39, 0.29) is 17.2 Å². The Morgan fingerprint density at radius 1 is 1.37 bits per heavy atom. The minimum atomic E-state index is -0.298. The van der Waals surface area contributed by atoms with E-state index in [1.54, 1.807) is 12.3 Å². The number of anilines is 1. The molecule has 19 heavy (non-hydrogen) atoms. The largest absolute Gasteiger partial charge is 0.355 e. The second-order valence-electron chi connectivity index (χ2n) is 5.57. The minimum Gasteiger partial charge on any atom is -0.355 e. The first-order chi connectivity index (χ1) is 9.00. The van der Waals surface area contributed by atoms with Crippen LogP contribution in [0, 0.1) is 5.82 Å². The fourth-order valence-corrected chi connectivity index (χ4v) is 2.90. The highest BCUT2D eigenvalue weighted by atomic mass is 35.5. The van der Waals surface area contributed by atoms with Gasteiger partial charge < -0.3 is 9.80 Å². The van der Waals surface area contributed by atoms with Gasteiger partial charge >= 0.3 is 0 Å². The Hall–Kier alpha value is -0.870. The molecule has 1 aliphatic carbocycles. The van der Waals surface area contributed by atoms with Crippen LogP contribution in [0.5, 0.6) is 0 Å². The number of hydrogen-bond acceptors (Lipinski definition) is 3. The van der Waals surface area contributed by atoms with Gasteiger partial charge in [-0.05, 0) is 39.4 Å². The highest BCUT2D eigenvalue weighted by Crippen LogP contribution is 2.37. The average molecular weight is 286 g/mol. The SMILES string of the molecule is CN(CC1(N(C)C)CCC1)c1nccc(CCl)c1F. The summed E-state index contributed by atoms with van der Waals surface area (Å²) in [6, 6.07) is 1.63. The molecule has 1 aromatic heterocycles. The maximum absolute atomic E-state index is 14.2. The molecular weight excluding hydrogens is 265 g/mol. The third-order valence-corrected chi connectivity index (χ3v) is 4.51. The zero-order chi connectivity index (χ0) is 14.0. The molecule has 0 amide bonds. The van der Waals surface area contributed by atoms with E-state index in [4.69, 9.17) is 11.6 Å². The van der Waals surface area contributed by atoms with Crippen molar-refractivity contribution in [2.75, 3.05) is 32.6 Å². The van der Waals surface area contributed by atoms with E-state index in [1.165, 1.54) is 6.42 Å². The van der Waals surface area contributed by atoms with Gasteiger partial charge in [0.25, 0.3) is 0 Å². The number of alkyl halides is 1. The van der Waals surface area contributed by atoms with Crippen LogP contribution >= 0.6 is 11.6 Å². The summed E-state index contributed by atoms with van der Waals surface area (Å²) in [5.74, 6) is 0.271. The monoisotopic (exact) mass is 285 g/mol. The third-order valence-electron chi connectivity index (χ3n) is 4.22. The molecule has 0 saturated heterocycles. The molecule has 2 rings (SSSR count). The molecule has 0 aromatic carbocycles. The zero-order valence-electron chi connectivity index (χ0n) is 11.8. The molecule has 106 valence electrons. The number of nitrogens with zero attached hydrogens (tertiary/aromatic N) is 3. The normalized spacial score (nSPS) is 17.4. The van der Waals surface area contributed by atoms with Gasteiger partial charge in [0, 0.05) is 30.9 Å². The smallest absolute Gasteiger partial charge is 0.170 e. The second kappa shape index (κ2) is 5.63. The van der Waals surface area contributed by atoms with Gasteiger partial charge in [0.05, 0.1) is 5.88 Å². The number of pyridine rings is 1.